The molecular formula is C6F12O. The van der Waals surface area contributed by atoms with E-state index in [1.54, 1.807) is 0 Å². The van der Waals surface area contributed by atoms with Crippen molar-refractivity contribution in [1.29, 1.82) is 0 Å². The number of alkyl halides is 9. The van der Waals surface area contributed by atoms with Crippen molar-refractivity contribution in [3.05, 3.63) is 11.9 Å². The molecule has 0 aliphatic carbocycles. The lowest BCUT2D eigenvalue weighted by atomic mass is 10.1. The fraction of sp³-hybridized carbons (Fsp3) is 0.667. The van der Waals surface area contributed by atoms with Crippen molar-refractivity contribution in [2.24, 2.45) is 0 Å². The van der Waals surface area contributed by atoms with Crippen LogP contribution < -0.4 is 0 Å². The Labute approximate surface area is 95.0 Å². The molecule has 0 fully saturated rings. The largest absolute Gasteiger partial charge is 0.527 e. The fourth-order valence-electron chi connectivity index (χ4n) is 0.649. The normalized spacial score (nSPS) is 14.5. The molecule has 0 spiro atoms. The zero-order valence-electron chi connectivity index (χ0n) is 7.94. The summed E-state index contributed by atoms with van der Waals surface area (Å²) < 4.78 is 144. The van der Waals surface area contributed by atoms with E-state index in [4.69, 9.17) is 0 Å². The zero-order valence-corrected chi connectivity index (χ0v) is 7.94. The monoisotopic (exact) mass is 316 g/mol. The zero-order chi connectivity index (χ0) is 15.9. The highest BCUT2D eigenvalue weighted by molar-refractivity contribution is 5.13. The maximum Gasteiger partial charge on any atom is 0.527 e. The smallest absolute Gasteiger partial charge is 0.221 e. The molecule has 0 aromatic heterocycles. The molecule has 0 aromatic rings. The Morgan fingerprint density at radius 1 is 0.684 bits per heavy atom. The standard InChI is InChI=1S/C6F12O/c7-1(2(8)9)3(10,11)4(12,13)5(14,15)19-6(16,17)18. The molecule has 0 aromatic carbocycles. The number of hydrogen-bond acceptors (Lipinski definition) is 1. The fourth-order valence-corrected chi connectivity index (χ4v) is 0.649. The van der Waals surface area contributed by atoms with Crippen LogP contribution in [0.1, 0.15) is 0 Å². The Morgan fingerprint density at radius 2 is 1.05 bits per heavy atom. The lowest BCUT2D eigenvalue weighted by Crippen LogP contribution is -2.57. The van der Waals surface area contributed by atoms with E-state index in [-0.39, 0.29) is 0 Å². The second-order valence-electron chi connectivity index (χ2n) is 2.79. The molecule has 0 atom stereocenters. The SMILES string of the molecule is FC(F)=C(F)C(F)(F)C(F)(F)C(F)(F)OC(F)(F)F. The molecule has 0 rings (SSSR count). The Bertz CT molecular complexity index is 361. The van der Waals surface area contributed by atoms with Crippen molar-refractivity contribution < 1.29 is 57.4 Å². The van der Waals surface area contributed by atoms with E-state index in [0.717, 1.165) is 0 Å². The minimum atomic E-state index is -7.22. The Balaban J connectivity index is 5.66. The van der Waals surface area contributed by atoms with Crippen molar-refractivity contribution in [3.63, 3.8) is 0 Å². The first-order valence-electron chi connectivity index (χ1n) is 3.68. The first-order valence-corrected chi connectivity index (χ1v) is 3.68. The predicted molar refractivity (Wildman–Crippen MR) is 32.3 cm³/mol. The molecule has 13 heteroatoms. The Hall–Kier alpha value is -1.14. The molecule has 0 amide bonds. The second-order valence-corrected chi connectivity index (χ2v) is 2.79. The van der Waals surface area contributed by atoms with Gasteiger partial charge in [0, 0.05) is 0 Å². The quantitative estimate of drug-likeness (QED) is 0.696. The summed E-state index contributed by atoms with van der Waals surface area (Å²) in [4.78, 5) is 0. The van der Waals surface area contributed by atoms with E-state index in [1.807, 2.05) is 0 Å². The average Bonchev–Trinajstić information content (AvgIpc) is 2.11. The predicted octanol–water partition coefficient (Wildman–Crippen LogP) is 4.46. The van der Waals surface area contributed by atoms with Crippen molar-refractivity contribution in [3.8, 4) is 0 Å². The topological polar surface area (TPSA) is 9.23 Å². The number of ether oxygens (including phenoxy) is 1. The third-order valence-corrected chi connectivity index (χ3v) is 1.45. The van der Waals surface area contributed by atoms with Crippen LogP contribution in [0.15, 0.2) is 11.9 Å². The molecule has 0 saturated heterocycles. The molecule has 0 bridgehead atoms. The van der Waals surface area contributed by atoms with E-state index in [0.29, 0.717) is 0 Å². The van der Waals surface area contributed by atoms with Gasteiger partial charge in [-0.1, -0.05) is 0 Å². The van der Waals surface area contributed by atoms with Gasteiger partial charge in [0.25, 0.3) is 0 Å². The van der Waals surface area contributed by atoms with Crippen molar-refractivity contribution in [1.82, 2.24) is 0 Å². The first-order chi connectivity index (χ1) is 8.06. The number of rotatable bonds is 4. The third-order valence-electron chi connectivity index (χ3n) is 1.45. The van der Waals surface area contributed by atoms with Gasteiger partial charge in [0.1, 0.15) is 0 Å². The molecule has 114 valence electrons. The molecule has 0 heterocycles. The van der Waals surface area contributed by atoms with Gasteiger partial charge in [-0.2, -0.15) is 39.5 Å². The molecule has 1 nitrogen and oxygen atoms in total. The van der Waals surface area contributed by atoms with Crippen LogP contribution in [0.5, 0.6) is 0 Å². The van der Waals surface area contributed by atoms with Crippen molar-refractivity contribution >= 4 is 0 Å². The summed E-state index contributed by atoms with van der Waals surface area (Å²) in [5, 5.41) is 0. The van der Waals surface area contributed by atoms with Gasteiger partial charge in [0.15, 0.2) is 0 Å². The van der Waals surface area contributed by atoms with E-state index in [1.165, 1.54) is 4.74 Å². The van der Waals surface area contributed by atoms with E-state index in [9.17, 15) is 52.7 Å². The van der Waals surface area contributed by atoms with Crippen molar-refractivity contribution in [2.75, 3.05) is 0 Å². The number of hydrogen-bond donors (Lipinski definition) is 0. The van der Waals surface area contributed by atoms with Gasteiger partial charge in [-0.3, -0.25) is 0 Å². The molecule has 0 radical (unpaired) electrons. The summed E-state index contributed by atoms with van der Waals surface area (Å²) >= 11 is 0. The molecule has 0 saturated carbocycles. The van der Waals surface area contributed by atoms with E-state index < -0.39 is 36.2 Å². The van der Waals surface area contributed by atoms with Crippen LogP contribution in [0.3, 0.4) is 0 Å². The Kier molecular flexibility index (Phi) is 4.47. The average molecular weight is 316 g/mol. The van der Waals surface area contributed by atoms with Crippen molar-refractivity contribution in [2.45, 2.75) is 24.3 Å². The summed E-state index contributed by atoms with van der Waals surface area (Å²) in [7, 11) is 0. The highest BCUT2D eigenvalue weighted by Crippen LogP contribution is 2.52. The summed E-state index contributed by atoms with van der Waals surface area (Å²) in [6, 6.07) is 0. The van der Waals surface area contributed by atoms with Gasteiger partial charge in [-0.05, 0) is 0 Å². The molecule has 0 N–H and O–H groups in total. The van der Waals surface area contributed by atoms with Gasteiger partial charge in [0.2, 0.25) is 5.83 Å². The van der Waals surface area contributed by atoms with Crippen LogP contribution in [-0.2, 0) is 4.74 Å². The van der Waals surface area contributed by atoms with Gasteiger partial charge >= 0.3 is 30.4 Å². The maximum absolute atomic E-state index is 12.4. The first kappa shape index (κ1) is 17.9. The highest BCUT2D eigenvalue weighted by atomic mass is 19.4. The van der Waals surface area contributed by atoms with Gasteiger partial charge in [-0.25, -0.2) is 4.74 Å². The second kappa shape index (κ2) is 4.76. The minimum Gasteiger partial charge on any atom is -0.221 e. The lowest BCUT2D eigenvalue weighted by molar-refractivity contribution is -0.483. The maximum atomic E-state index is 12.4. The molecule has 0 aliphatic heterocycles. The van der Waals surface area contributed by atoms with E-state index >= 15 is 0 Å². The van der Waals surface area contributed by atoms with Crippen LogP contribution >= 0.6 is 0 Å². The summed E-state index contributed by atoms with van der Waals surface area (Å²) in [6.45, 7) is 0. The highest BCUT2D eigenvalue weighted by Gasteiger charge is 2.77. The van der Waals surface area contributed by atoms with Gasteiger partial charge in [-0.15, -0.1) is 13.2 Å². The van der Waals surface area contributed by atoms with Crippen LogP contribution in [0.4, 0.5) is 52.7 Å². The van der Waals surface area contributed by atoms with Crippen LogP contribution in [0, 0.1) is 0 Å². The van der Waals surface area contributed by atoms with Gasteiger partial charge in [0.05, 0.1) is 0 Å². The number of halogens is 12. The molecule has 0 aliphatic rings. The number of allylic oxidation sites excluding steroid dienone is 1. The summed E-state index contributed by atoms with van der Waals surface area (Å²) in [5.41, 5.74) is 0. The van der Waals surface area contributed by atoms with Gasteiger partial charge < -0.3 is 0 Å². The van der Waals surface area contributed by atoms with Crippen LogP contribution in [0.25, 0.3) is 0 Å². The minimum absolute atomic E-state index is 1.41. The molecule has 19 heavy (non-hydrogen) atoms. The van der Waals surface area contributed by atoms with Crippen LogP contribution in [0.2, 0.25) is 0 Å². The Morgan fingerprint density at radius 3 is 1.32 bits per heavy atom. The third kappa shape index (κ3) is 3.45. The summed E-state index contributed by atoms with van der Waals surface area (Å²) in [5.74, 6) is -18.4. The molecule has 0 unspecified atom stereocenters. The van der Waals surface area contributed by atoms with E-state index in [2.05, 4.69) is 0 Å². The van der Waals surface area contributed by atoms with Crippen LogP contribution in [-0.4, -0.2) is 24.3 Å². The lowest BCUT2D eigenvalue weighted by Gasteiger charge is -2.31. The summed E-state index contributed by atoms with van der Waals surface area (Å²) in [6.07, 6.45) is -17.6. The molecular weight excluding hydrogens is 316 g/mol.